The van der Waals surface area contributed by atoms with Crippen LogP contribution in [-0.4, -0.2) is 6.04 Å². The van der Waals surface area contributed by atoms with E-state index in [4.69, 9.17) is 5.26 Å². The average Bonchev–Trinajstić information content (AvgIpc) is 2.30. The Kier molecular flexibility index (Phi) is 3.56. The molecule has 1 aromatic rings. The van der Waals surface area contributed by atoms with Crippen molar-refractivity contribution in [2.45, 2.75) is 45.6 Å². The van der Waals surface area contributed by atoms with Crippen molar-refractivity contribution in [3.63, 3.8) is 0 Å². The number of nitrogens with zero attached hydrogens (tertiary/aromatic N) is 1. The van der Waals surface area contributed by atoms with Gasteiger partial charge in [0.2, 0.25) is 0 Å². The van der Waals surface area contributed by atoms with E-state index in [-0.39, 0.29) is 5.56 Å². The van der Waals surface area contributed by atoms with Crippen LogP contribution in [0, 0.1) is 22.6 Å². The van der Waals surface area contributed by atoms with Crippen LogP contribution >= 0.6 is 0 Å². The van der Waals surface area contributed by atoms with E-state index in [2.05, 4.69) is 19.2 Å². The fourth-order valence-electron chi connectivity index (χ4n) is 2.76. The van der Waals surface area contributed by atoms with Crippen LogP contribution in [0.3, 0.4) is 0 Å². The van der Waals surface area contributed by atoms with Gasteiger partial charge in [-0.25, -0.2) is 4.39 Å². The number of nitrogens with one attached hydrogen (secondary N) is 1. The largest absolute Gasteiger partial charge is 0.382 e. The molecule has 0 amide bonds. The van der Waals surface area contributed by atoms with Gasteiger partial charge in [0.1, 0.15) is 11.9 Å². The maximum absolute atomic E-state index is 13.2. The Morgan fingerprint density at radius 2 is 2.22 bits per heavy atom. The highest BCUT2D eigenvalue weighted by Crippen LogP contribution is 2.36. The average molecular weight is 246 g/mol. The van der Waals surface area contributed by atoms with Crippen molar-refractivity contribution in [3.8, 4) is 6.07 Å². The third kappa shape index (κ3) is 3.01. The molecule has 0 spiro atoms. The minimum absolute atomic E-state index is 0.107. The Hall–Kier alpha value is -1.56. The van der Waals surface area contributed by atoms with Crippen LogP contribution in [0.15, 0.2) is 18.2 Å². The molecule has 0 saturated heterocycles. The molecule has 1 aliphatic carbocycles. The lowest BCUT2D eigenvalue weighted by atomic mass is 9.75. The van der Waals surface area contributed by atoms with Crippen LogP contribution in [0.5, 0.6) is 0 Å². The van der Waals surface area contributed by atoms with Crippen molar-refractivity contribution in [2.24, 2.45) is 5.41 Å². The van der Waals surface area contributed by atoms with Gasteiger partial charge in [0, 0.05) is 11.7 Å². The van der Waals surface area contributed by atoms with Crippen LogP contribution in [0.2, 0.25) is 0 Å². The van der Waals surface area contributed by atoms with Crippen LogP contribution in [0.1, 0.15) is 45.1 Å². The van der Waals surface area contributed by atoms with Crippen LogP contribution in [-0.2, 0) is 0 Å². The molecule has 2 rings (SSSR count). The standard InChI is InChI=1S/C15H19FN2/c1-15(2)7-3-4-13(9-15)18-12-5-6-14(16)11(8-12)10-17/h5-6,8,13,18H,3-4,7,9H2,1-2H3. The molecule has 3 heteroatoms. The third-order valence-electron chi connectivity index (χ3n) is 3.66. The quantitative estimate of drug-likeness (QED) is 0.853. The van der Waals surface area contributed by atoms with Crippen molar-refractivity contribution in [2.75, 3.05) is 5.32 Å². The number of rotatable bonds is 2. The van der Waals surface area contributed by atoms with E-state index in [0.29, 0.717) is 11.5 Å². The van der Waals surface area contributed by atoms with E-state index in [1.165, 1.54) is 18.9 Å². The zero-order valence-corrected chi connectivity index (χ0v) is 11.0. The Morgan fingerprint density at radius 1 is 1.44 bits per heavy atom. The molecule has 0 radical (unpaired) electrons. The van der Waals surface area contributed by atoms with Gasteiger partial charge >= 0.3 is 0 Å². The van der Waals surface area contributed by atoms with Gasteiger partial charge in [-0.1, -0.05) is 20.3 Å². The molecule has 18 heavy (non-hydrogen) atoms. The van der Waals surface area contributed by atoms with Gasteiger partial charge in [0.25, 0.3) is 0 Å². The van der Waals surface area contributed by atoms with Crippen molar-refractivity contribution < 1.29 is 4.39 Å². The summed E-state index contributed by atoms with van der Waals surface area (Å²) in [5.74, 6) is -0.452. The summed E-state index contributed by atoms with van der Waals surface area (Å²) in [7, 11) is 0. The summed E-state index contributed by atoms with van der Waals surface area (Å²) in [6.07, 6.45) is 4.74. The van der Waals surface area contributed by atoms with E-state index < -0.39 is 5.82 Å². The normalized spacial score (nSPS) is 22.2. The molecular formula is C15H19FN2. The van der Waals surface area contributed by atoms with Crippen LogP contribution in [0.4, 0.5) is 10.1 Å². The minimum atomic E-state index is -0.452. The Labute approximate surface area is 108 Å². The number of hydrogen-bond acceptors (Lipinski definition) is 2. The van der Waals surface area contributed by atoms with Gasteiger partial charge in [-0.15, -0.1) is 0 Å². The molecule has 1 aromatic carbocycles. The van der Waals surface area contributed by atoms with Gasteiger partial charge < -0.3 is 5.32 Å². The van der Waals surface area contributed by atoms with E-state index in [0.717, 1.165) is 18.5 Å². The Balaban J connectivity index is 2.08. The molecule has 1 unspecified atom stereocenters. The Morgan fingerprint density at radius 3 is 2.89 bits per heavy atom. The molecule has 1 aliphatic rings. The highest BCUT2D eigenvalue weighted by molar-refractivity contribution is 5.50. The number of nitriles is 1. The van der Waals surface area contributed by atoms with E-state index in [1.54, 1.807) is 12.1 Å². The molecule has 0 heterocycles. The predicted molar refractivity (Wildman–Crippen MR) is 70.8 cm³/mol. The lowest BCUT2D eigenvalue weighted by Gasteiger charge is -2.36. The highest BCUT2D eigenvalue weighted by atomic mass is 19.1. The zero-order valence-electron chi connectivity index (χ0n) is 11.0. The molecule has 0 bridgehead atoms. The first-order valence-corrected chi connectivity index (χ1v) is 6.46. The van der Waals surface area contributed by atoms with Crippen molar-refractivity contribution in [1.29, 1.82) is 5.26 Å². The predicted octanol–water partition coefficient (Wildman–Crippen LogP) is 4.08. The molecule has 1 fully saturated rings. The summed E-state index contributed by atoms with van der Waals surface area (Å²) in [5.41, 5.74) is 1.32. The summed E-state index contributed by atoms with van der Waals surface area (Å²) in [6, 6.07) is 6.95. The lowest BCUT2D eigenvalue weighted by molar-refractivity contribution is 0.229. The summed E-state index contributed by atoms with van der Waals surface area (Å²) in [5, 5.41) is 12.2. The first kappa shape index (κ1) is 12.9. The number of anilines is 1. The van der Waals surface area contributed by atoms with Gasteiger partial charge in [0.05, 0.1) is 5.56 Å². The molecule has 1 saturated carbocycles. The second-order valence-corrected chi connectivity index (χ2v) is 5.91. The van der Waals surface area contributed by atoms with Crippen molar-refractivity contribution >= 4 is 5.69 Å². The summed E-state index contributed by atoms with van der Waals surface area (Å²) < 4.78 is 13.2. The summed E-state index contributed by atoms with van der Waals surface area (Å²) >= 11 is 0. The highest BCUT2D eigenvalue weighted by Gasteiger charge is 2.27. The van der Waals surface area contributed by atoms with Gasteiger partial charge in [-0.05, 0) is 42.9 Å². The number of benzene rings is 1. The second kappa shape index (κ2) is 4.97. The van der Waals surface area contributed by atoms with Gasteiger partial charge in [-0.2, -0.15) is 5.26 Å². The van der Waals surface area contributed by atoms with E-state index in [9.17, 15) is 4.39 Å². The summed E-state index contributed by atoms with van der Waals surface area (Å²) in [4.78, 5) is 0. The molecule has 2 nitrogen and oxygen atoms in total. The maximum Gasteiger partial charge on any atom is 0.141 e. The van der Waals surface area contributed by atoms with Crippen molar-refractivity contribution in [1.82, 2.24) is 0 Å². The van der Waals surface area contributed by atoms with E-state index in [1.807, 2.05) is 6.07 Å². The molecule has 0 aliphatic heterocycles. The number of hydrogen-bond donors (Lipinski definition) is 1. The fourth-order valence-corrected chi connectivity index (χ4v) is 2.76. The van der Waals surface area contributed by atoms with E-state index >= 15 is 0 Å². The first-order valence-electron chi connectivity index (χ1n) is 6.46. The van der Waals surface area contributed by atoms with Gasteiger partial charge in [0.15, 0.2) is 0 Å². The topological polar surface area (TPSA) is 35.8 Å². The third-order valence-corrected chi connectivity index (χ3v) is 3.66. The molecule has 1 N–H and O–H groups in total. The SMILES string of the molecule is CC1(C)CCCC(Nc2ccc(F)c(C#N)c2)C1. The van der Waals surface area contributed by atoms with Crippen molar-refractivity contribution in [3.05, 3.63) is 29.6 Å². The minimum Gasteiger partial charge on any atom is -0.382 e. The summed E-state index contributed by atoms with van der Waals surface area (Å²) in [6.45, 7) is 4.57. The van der Waals surface area contributed by atoms with Gasteiger partial charge in [-0.3, -0.25) is 0 Å². The first-order chi connectivity index (χ1) is 8.50. The molecular weight excluding hydrogens is 227 g/mol. The fraction of sp³-hybridized carbons (Fsp3) is 0.533. The second-order valence-electron chi connectivity index (χ2n) is 5.91. The smallest absolute Gasteiger partial charge is 0.141 e. The Bertz CT molecular complexity index is 474. The number of halogens is 1. The zero-order chi connectivity index (χ0) is 13.2. The molecule has 0 aromatic heterocycles. The van der Waals surface area contributed by atoms with Crippen LogP contribution < -0.4 is 5.32 Å². The maximum atomic E-state index is 13.2. The molecule has 96 valence electrons. The lowest BCUT2D eigenvalue weighted by Crippen LogP contribution is -2.31. The molecule has 1 atom stereocenters. The monoisotopic (exact) mass is 246 g/mol. The van der Waals surface area contributed by atoms with Crippen LogP contribution in [0.25, 0.3) is 0 Å².